The van der Waals surface area contributed by atoms with E-state index in [1.807, 2.05) is 18.2 Å². The lowest BCUT2D eigenvalue weighted by Gasteiger charge is -2.26. The first-order valence-electron chi connectivity index (χ1n) is 9.96. The second-order valence-electron chi connectivity index (χ2n) is 7.45. The molecule has 1 atom stereocenters. The smallest absolute Gasteiger partial charge is 0.243 e. The lowest BCUT2D eigenvalue weighted by atomic mass is 10.0. The molecule has 1 saturated heterocycles. The van der Waals surface area contributed by atoms with Crippen molar-refractivity contribution in [3.63, 3.8) is 0 Å². The van der Waals surface area contributed by atoms with E-state index in [-0.39, 0.29) is 10.7 Å². The Morgan fingerprint density at radius 3 is 2.45 bits per heavy atom. The second-order valence-corrected chi connectivity index (χ2v) is 9.39. The van der Waals surface area contributed by atoms with E-state index >= 15 is 0 Å². The number of hydrogen-bond acceptors (Lipinski definition) is 5. The van der Waals surface area contributed by atoms with Gasteiger partial charge in [0.25, 0.3) is 0 Å². The summed E-state index contributed by atoms with van der Waals surface area (Å²) in [4.78, 5) is 13.0. The normalized spacial score (nSPS) is 18.2. The number of morpholine rings is 1. The van der Waals surface area contributed by atoms with Crippen LogP contribution in [-0.2, 0) is 27.6 Å². The van der Waals surface area contributed by atoms with Gasteiger partial charge in [-0.15, -0.1) is 0 Å². The Bertz CT molecular complexity index is 994. The van der Waals surface area contributed by atoms with Crippen molar-refractivity contribution < 1.29 is 22.7 Å². The van der Waals surface area contributed by atoms with Crippen LogP contribution in [-0.4, -0.2) is 50.9 Å². The predicted molar refractivity (Wildman–Crippen MR) is 109 cm³/mol. The Labute approximate surface area is 171 Å². The molecule has 2 aromatic rings. The number of ether oxygens (including phenoxy) is 2. The van der Waals surface area contributed by atoms with Crippen molar-refractivity contribution in [3.05, 3.63) is 59.2 Å². The SMILES string of the molecule is C[C@@H](Oc1ccc(S(=O)(=O)N2CCOCC2)cc1)C(=O)c1ccc2c(c1)CCC2. The van der Waals surface area contributed by atoms with Gasteiger partial charge in [-0.2, -0.15) is 4.31 Å². The maximum Gasteiger partial charge on any atom is 0.243 e. The average Bonchev–Trinajstić information content (AvgIpc) is 3.22. The standard InChI is InChI=1S/C22H25NO5S/c1-16(22(24)19-6-5-17-3-2-4-18(17)15-19)28-20-7-9-21(10-8-20)29(25,26)23-11-13-27-14-12-23/h5-10,15-16H,2-4,11-14H2,1H3/t16-/m1/s1. The number of aryl methyl sites for hydroxylation is 2. The van der Waals surface area contributed by atoms with Crippen molar-refractivity contribution in [1.82, 2.24) is 4.31 Å². The summed E-state index contributed by atoms with van der Waals surface area (Å²) in [5.74, 6) is 0.387. The molecule has 6 nitrogen and oxygen atoms in total. The molecule has 2 aromatic carbocycles. The molecule has 0 radical (unpaired) electrons. The molecule has 1 aliphatic carbocycles. The highest BCUT2D eigenvalue weighted by molar-refractivity contribution is 7.89. The second kappa shape index (κ2) is 8.26. The van der Waals surface area contributed by atoms with Gasteiger partial charge >= 0.3 is 0 Å². The predicted octanol–water partition coefficient (Wildman–Crippen LogP) is 2.85. The fourth-order valence-corrected chi connectivity index (χ4v) is 5.25. The van der Waals surface area contributed by atoms with Crippen LogP contribution in [0.15, 0.2) is 47.4 Å². The van der Waals surface area contributed by atoms with Gasteiger partial charge in [-0.05, 0) is 67.6 Å². The number of hydrogen-bond donors (Lipinski definition) is 0. The molecule has 1 fully saturated rings. The highest BCUT2D eigenvalue weighted by Crippen LogP contribution is 2.25. The summed E-state index contributed by atoms with van der Waals surface area (Å²) < 4.78 is 37.8. The zero-order valence-electron chi connectivity index (χ0n) is 16.5. The molecule has 154 valence electrons. The number of nitrogens with zero attached hydrogens (tertiary/aromatic N) is 1. The van der Waals surface area contributed by atoms with E-state index in [0.29, 0.717) is 37.6 Å². The molecule has 4 rings (SSSR count). The van der Waals surface area contributed by atoms with Gasteiger partial charge in [-0.25, -0.2) is 8.42 Å². The lowest BCUT2D eigenvalue weighted by molar-refractivity contribution is 0.0730. The van der Waals surface area contributed by atoms with E-state index in [0.717, 1.165) is 19.3 Å². The van der Waals surface area contributed by atoms with Crippen LogP contribution in [0, 0.1) is 0 Å². The van der Waals surface area contributed by atoms with E-state index in [1.54, 1.807) is 19.1 Å². The Morgan fingerprint density at radius 2 is 1.72 bits per heavy atom. The third kappa shape index (κ3) is 4.22. The number of carbonyl (C=O) groups excluding carboxylic acids is 1. The van der Waals surface area contributed by atoms with Crippen LogP contribution < -0.4 is 4.74 Å². The average molecular weight is 416 g/mol. The summed E-state index contributed by atoms with van der Waals surface area (Å²) in [5.41, 5.74) is 3.23. The fraction of sp³-hybridized carbons (Fsp3) is 0.409. The third-order valence-corrected chi connectivity index (χ3v) is 7.41. The van der Waals surface area contributed by atoms with Crippen molar-refractivity contribution in [3.8, 4) is 5.75 Å². The number of sulfonamides is 1. The summed E-state index contributed by atoms with van der Waals surface area (Å²) in [6, 6.07) is 12.1. The highest BCUT2D eigenvalue weighted by atomic mass is 32.2. The van der Waals surface area contributed by atoms with Crippen LogP contribution in [0.5, 0.6) is 5.75 Å². The third-order valence-electron chi connectivity index (χ3n) is 5.50. The minimum absolute atomic E-state index is 0.0790. The number of Topliss-reactive ketones (excluding diaryl/α,β-unsaturated/α-hetero) is 1. The Hall–Kier alpha value is -2.22. The minimum Gasteiger partial charge on any atom is -0.483 e. The molecule has 0 saturated carbocycles. The summed E-state index contributed by atoms with van der Waals surface area (Å²) in [6.45, 7) is 3.24. The van der Waals surface area contributed by atoms with Gasteiger partial charge in [-0.3, -0.25) is 4.79 Å². The molecular formula is C22H25NO5S. The van der Waals surface area contributed by atoms with E-state index in [4.69, 9.17) is 9.47 Å². The summed E-state index contributed by atoms with van der Waals surface area (Å²) >= 11 is 0. The molecule has 0 bridgehead atoms. The minimum atomic E-state index is -3.54. The number of carbonyl (C=O) groups is 1. The van der Waals surface area contributed by atoms with Crippen LogP contribution in [0.3, 0.4) is 0 Å². The molecule has 2 aliphatic rings. The van der Waals surface area contributed by atoms with Gasteiger partial charge in [0.05, 0.1) is 18.1 Å². The van der Waals surface area contributed by atoms with Gasteiger partial charge in [-0.1, -0.05) is 12.1 Å². The topological polar surface area (TPSA) is 72.9 Å². The maximum absolute atomic E-state index is 12.7. The molecule has 0 spiro atoms. The van der Waals surface area contributed by atoms with E-state index < -0.39 is 16.1 Å². The summed E-state index contributed by atoms with van der Waals surface area (Å²) in [6.07, 6.45) is 2.58. The first-order chi connectivity index (χ1) is 13.9. The number of rotatable bonds is 6. The lowest BCUT2D eigenvalue weighted by Crippen LogP contribution is -2.40. The first kappa shape index (κ1) is 20.1. The van der Waals surface area contributed by atoms with Crippen molar-refractivity contribution in [2.24, 2.45) is 0 Å². The zero-order chi connectivity index (χ0) is 20.4. The fourth-order valence-electron chi connectivity index (χ4n) is 3.84. The first-order valence-corrected chi connectivity index (χ1v) is 11.4. The Morgan fingerprint density at radius 1 is 1.03 bits per heavy atom. The van der Waals surface area contributed by atoms with Crippen LogP contribution in [0.25, 0.3) is 0 Å². The molecule has 29 heavy (non-hydrogen) atoms. The van der Waals surface area contributed by atoms with Gasteiger partial charge in [0.1, 0.15) is 5.75 Å². The molecule has 0 N–H and O–H groups in total. The molecule has 1 heterocycles. The van der Waals surface area contributed by atoms with E-state index in [2.05, 4.69) is 0 Å². The monoisotopic (exact) mass is 415 g/mol. The number of ketones is 1. The number of fused-ring (bicyclic) bond motifs is 1. The number of benzene rings is 2. The van der Waals surface area contributed by atoms with E-state index in [1.165, 1.54) is 27.6 Å². The van der Waals surface area contributed by atoms with Crippen LogP contribution in [0.1, 0.15) is 34.8 Å². The van der Waals surface area contributed by atoms with Gasteiger partial charge in [0, 0.05) is 18.7 Å². The van der Waals surface area contributed by atoms with Crippen molar-refractivity contribution in [2.45, 2.75) is 37.2 Å². The highest BCUT2D eigenvalue weighted by Gasteiger charge is 2.26. The Balaban J connectivity index is 1.43. The van der Waals surface area contributed by atoms with Gasteiger partial charge < -0.3 is 9.47 Å². The molecule has 1 aliphatic heterocycles. The summed E-state index contributed by atoms with van der Waals surface area (Å²) in [5, 5.41) is 0. The molecular weight excluding hydrogens is 390 g/mol. The molecule has 7 heteroatoms. The Kier molecular flexibility index (Phi) is 5.72. The van der Waals surface area contributed by atoms with Crippen molar-refractivity contribution in [1.29, 1.82) is 0 Å². The molecule has 0 unspecified atom stereocenters. The van der Waals surface area contributed by atoms with E-state index in [9.17, 15) is 13.2 Å². The maximum atomic E-state index is 12.7. The van der Waals surface area contributed by atoms with Crippen molar-refractivity contribution >= 4 is 15.8 Å². The van der Waals surface area contributed by atoms with Crippen LogP contribution >= 0.6 is 0 Å². The molecule has 0 amide bonds. The van der Waals surface area contributed by atoms with Crippen LogP contribution in [0.2, 0.25) is 0 Å². The van der Waals surface area contributed by atoms with Gasteiger partial charge in [0.15, 0.2) is 6.10 Å². The largest absolute Gasteiger partial charge is 0.483 e. The van der Waals surface area contributed by atoms with Crippen molar-refractivity contribution in [2.75, 3.05) is 26.3 Å². The van der Waals surface area contributed by atoms with Crippen LogP contribution in [0.4, 0.5) is 0 Å². The van der Waals surface area contributed by atoms with Gasteiger partial charge in [0.2, 0.25) is 15.8 Å². The zero-order valence-corrected chi connectivity index (χ0v) is 17.3. The molecule has 0 aromatic heterocycles. The quantitative estimate of drug-likeness (QED) is 0.679. The summed E-state index contributed by atoms with van der Waals surface area (Å²) in [7, 11) is -3.54.